The average molecular weight is 303 g/mol. The molecule has 1 aromatic heterocycles. The Morgan fingerprint density at radius 1 is 1.10 bits per heavy atom. The van der Waals surface area contributed by atoms with Gasteiger partial charge < -0.3 is 10.4 Å². The second-order valence-corrected chi connectivity index (χ2v) is 5.88. The summed E-state index contributed by atoms with van der Waals surface area (Å²) < 4.78 is 0. The molecule has 0 bridgehead atoms. The molecule has 5 heteroatoms. The molecule has 2 aromatic rings. The number of aliphatic carboxylic acids is 1. The van der Waals surface area contributed by atoms with E-state index in [2.05, 4.69) is 5.32 Å². The average Bonchev–Trinajstić information content (AvgIpc) is 2.80. The molecule has 0 fully saturated rings. The lowest BCUT2D eigenvalue weighted by molar-refractivity contribution is -0.139. The molecule has 1 amide bonds. The van der Waals surface area contributed by atoms with E-state index in [9.17, 15) is 14.7 Å². The van der Waals surface area contributed by atoms with Gasteiger partial charge in [-0.3, -0.25) is 4.79 Å². The molecule has 0 saturated heterocycles. The highest BCUT2D eigenvalue weighted by Crippen LogP contribution is 2.20. The molecule has 2 N–H and O–H groups in total. The maximum Gasteiger partial charge on any atom is 0.330 e. The monoisotopic (exact) mass is 303 g/mol. The van der Waals surface area contributed by atoms with E-state index in [1.165, 1.54) is 11.3 Å². The Morgan fingerprint density at radius 3 is 2.19 bits per heavy atom. The van der Waals surface area contributed by atoms with Gasteiger partial charge in [-0.15, -0.1) is 0 Å². The maximum absolute atomic E-state index is 12.2. The first-order valence-corrected chi connectivity index (χ1v) is 7.47. The summed E-state index contributed by atoms with van der Waals surface area (Å²) in [4.78, 5) is 23.7. The van der Waals surface area contributed by atoms with Crippen molar-refractivity contribution >= 4 is 23.2 Å². The number of thiophene rings is 1. The second kappa shape index (κ2) is 6.10. The van der Waals surface area contributed by atoms with Gasteiger partial charge in [0.25, 0.3) is 5.91 Å². The van der Waals surface area contributed by atoms with E-state index in [1.807, 2.05) is 32.2 Å². The van der Waals surface area contributed by atoms with Crippen LogP contribution in [-0.2, 0) is 4.79 Å². The molecule has 1 heterocycles. The van der Waals surface area contributed by atoms with Gasteiger partial charge >= 0.3 is 5.97 Å². The molecule has 1 aromatic carbocycles. The van der Waals surface area contributed by atoms with E-state index in [4.69, 9.17) is 0 Å². The number of carboxylic acids is 1. The van der Waals surface area contributed by atoms with Crippen molar-refractivity contribution in [1.82, 2.24) is 5.32 Å². The van der Waals surface area contributed by atoms with Crippen LogP contribution in [0.1, 0.15) is 38.7 Å². The van der Waals surface area contributed by atoms with Crippen molar-refractivity contribution in [3.05, 3.63) is 56.8 Å². The van der Waals surface area contributed by atoms with Crippen LogP contribution in [0, 0.1) is 20.8 Å². The van der Waals surface area contributed by atoms with Gasteiger partial charge in [0.1, 0.15) is 0 Å². The van der Waals surface area contributed by atoms with Gasteiger partial charge in [-0.1, -0.05) is 29.3 Å². The third-order valence-corrected chi connectivity index (χ3v) is 4.06. The number of carbonyl (C=O) groups is 2. The number of amides is 1. The molecule has 0 radical (unpaired) electrons. The summed E-state index contributed by atoms with van der Waals surface area (Å²) in [7, 11) is 0. The molecule has 2 rings (SSSR count). The van der Waals surface area contributed by atoms with Crippen LogP contribution in [0.5, 0.6) is 0 Å². The highest BCUT2D eigenvalue weighted by Gasteiger charge is 2.24. The van der Waals surface area contributed by atoms with Gasteiger partial charge in [0.2, 0.25) is 0 Å². The first-order chi connectivity index (χ1) is 9.88. The molecule has 1 unspecified atom stereocenters. The number of hydrogen-bond donors (Lipinski definition) is 2. The minimum Gasteiger partial charge on any atom is -0.479 e. The van der Waals surface area contributed by atoms with Gasteiger partial charge in [0.05, 0.1) is 5.56 Å². The van der Waals surface area contributed by atoms with Crippen LogP contribution in [0.25, 0.3) is 0 Å². The van der Waals surface area contributed by atoms with Gasteiger partial charge in [-0.2, -0.15) is 11.3 Å². The lowest BCUT2D eigenvalue weighted by Gasteiger charge is -2.16. The highest BCUT2D eigenvalue weighted by molar-refractivity contribution is 7.08. The first-order valence-electron chi connectivity index (χ1n) is 6.53. The molecule has 0 aliphatic heterocycles. The summed E-state index contributed by atoms with van der Waals surface area (Å²) in [6, 6.07) is 4.49. The van der Waals surface area contributed by atoms with Crippen LogP contribution in [0.2, 0.25) is 0 Å². The van der Waals surface area contributed by atoms with Crippen molar-refractivity contribution in [3.63, 3.8) is 0 Å². The summed E-state index contributed by atoms with van der Waals surface area (Å²) in [5, 5.41) is 15.6. The molecular formula is C16H17NO3S. The normalized spacial score (nSPS) is 12.0. The topological polar surface area (TPSA) is 66.4 Å². The van der Waals surface area contributed by atoms with Crippen molar-refractivity contribution in [1.29, 1.82) is 0 Å². The first kappa shape index (κ1) is 15.3. The number of nitrogens with one attached hydrogen (secondary N) is 1. The predicted molar refractivity (Wildman–Crippen MR) is 82.8 cm³/mol. The Bertz CT molecular complexity index is 670. The number of carbonyl (C=O) groups excluding carboxylic acids is 1. The number of benzene rings is 1. The van der Waals surface area contributed by atoms with E-state index in [0.717, 1.165) is 16.7 Å². The quantitative estimate of drug-likeness (QED) is 0.911. The molecule has 0 aliphatic carbocycles. The van der Waals surface area contributed by atoms with E-state index in [-0.39, 0.29) is 5.91 Å². The third kappa shape index (κ3) is 3.49. The molecular weight excluding hydrogens is 286 g/mol. The van der Waals surface area contributed by atoms with Crippen LogP contribution in [0.4, 0.5) is 0 Å². The summed E-state index contributed by atoms with van der Waals surface area (Å²) in [5.41, 5.74) is 3.90. The van der Waals surface area contributed by atoms with E-state index in [1.54, 1.807) is 17.5 Å². The van der Waals surface area contributed by atoms with Crippen LogP contribution in [0.15, 0.2) is 29.0 Å². The lowest BCUT2D eigenvalue weighted by atomic mass is 10.0. The SMILES string of the molecule is Cc1cc(C)cc(C(NC(=O)c2cscc2C)C(=O)O)c1. The van der Waals surface area contributed by atoms with E-state index in [0.29, 0.717) is 11.1 Å². The second-order valence-electron chi connectivity index (χ2n) is 5.13. The summed E-state index contributed by atoms with van der Waals surface area (Å²) in [6.07, 6.45) is 0. The minimum absolute atomic E-state index is 0.361. The van der Waals surface area contributed by atoms with E-state index >= 15 is 0 Å². The van der Waals surface area contributed by atoms with Gasteiger partial charge in [-0.25, -0.2) is 4.79 Å². The fourth-order valence-corrected chi connectivity index (χ4v) is 3.09. The lowest BCUT2D eigenvalue weighted by Crippen LogP contribution is -2.34. The van der Waals surface area contributed by atoms with Gasteiger partial charge in [-0.05, 0) is 37.3 Å². The highest BCUT2D eigenvalue weighted by atomic mass is 32.1. The molecule has 21 heavy (non-hydrogen) atoms. The Labute approximate surface area is 127 Å². The number of aryl methyl sites for hydroxylation is 3. The molecule has 4 nitrogen and oxygen atoms in total. The summed E-state index contributed by atoms with van der Waals surface area (Å²) in [6.45, 7) is 5.64. The molecule has 0 saturated carbocycles. The van der Waals surface area contributed by atoms with Crippen molar-refractivity contribution in [3.8, 4) is 0 Å². The zero-order valence-electron chi connectivity index (χ0n) is 12.1. The maximum atomic E-state index is 12.2. The fraction of sp³-hybridized carbons (Fsp3) is 0.250. The van der Waals surface area contributed by atoms with Crippen LogP contribution >= 0.6 is 11.3 Å². The number of rotatable bonds is 4. The minimum atomic E-state index is -1.07. The molecule has 0 spiro atoms. The largest absolute Gasteiger partial charge is 0.479 e. The van der Waals surface area contributed by atoms with Crippen LogP contribution in [0.3, 0.4) is 0 Å². The smallest absolute Gasteiger partial charge is 0.330 e. The van der Waals surface area contributed by atoms with Crippen molar-refractivity contribution < 1.29 is 14.7 Å². The van der Waals surface area contributed by atoms with Gasteiger partial charge in [0, 0.05) is 5.38 Å². The number of hydrogen-bond acceptors (Lipinski definition) is 3. The van der Waals surface area contributed by atoms with Crippen molar-refractivity contribution in [2.75, 3.05) is 0 Å². The zero-order valence-corrected chi connectivity index (χ0v) is 13.0. The van der Waals surface area contributed by atoms with Crippen molar-refractivity contribution in [2.24, 2.45) is 0 Å². The molecule has 1 atom stereocenters. The molecule has 0 aliphatic rings. The van der Waals surface area contributed by atoms with Crippen LogP contribution in [-0.4, -0.2) is 17.0 Å². The van der Waals surface area contributed by atoms with E-state index < -0.39 is 12.0 Å². The van der Waals surface area contributed by atoms with Crippen molar-refractivity contribution in [2.45, 2.75) is 26.8 Å². The standard InChI is InChI=1S/C16H17NO3S/c1-9-4-10(2)6-12(5-9)14(16(19)20)17-15(18)13-8-21-7-11(13)3/h4-8,14H,1-3H3,(H,17,18)(H,19,20). The van der Waals surface area contributed by atoms with Crippen LogP contribution < -0.4 is 5.32 Å². The fourth-order valence-electron chi connectivity index (χ4n) is 2.27. The van der Waals surface area contributed by atoms with Gasteiger partial charge in [0.15, 0.2) is 6.04 Å². The Kier molecular flexibility index (Phi) is 4.43. The third-order valence-electron chi connectivity index (χ3n) is 3.20. The summed E-state index contributed by atoms with van der Waals surface area (Å²) >= 11 is 1.42. The Hall–Kier alpha value is -2.14. The molecule has 110 valence electrons. The zero-order chi connectivity index (χ0) is 15.6. The number of carboxylic acid groups (broad SMARTS) is 1. The Morgan fingerprint density at radius 2 is 1.71 bits per heavy atom. The predicted octanol–water partition coefficient (Wildman–Crippen LogP) is 3.23. The summed E-state index contributed by atoms with van der Waals surface area (Å²) in [5.74, 6) is -1.43. The Balaban J connectivity index is 2.30.